The Morgan fingerprint density at radius 1 is 1.04 bits per heavy atom. The number of amides is 2. The molecular weight excluding hydrogens is 368 g/mol. The van der Waals surface area contributed by atoms with Gasteiger partial charge in [0.1, 0.15) is 0 Å². The van der Waals surface area contributed by atoms with Gasteiger partial charge in [0.2, 0.25) is 11.8 Å². The third kappa shape index (κ3) is 3.22. The van der Waals surface area contributed by atoms with Crippen molar-refractivity contribution in [1.82, 2.24) is 0 Å². The van der Waals surface area contributed by atoms with Gasteiger partial charge in [0.05, 0.1) is 5.41 Å². The van der Waals surface area contributed by atoms with Gasteiger partial charge in [0, 0.05) is 29.8 Å². The highest BCUT2D eigenvalue weighted by Crippen LogP contribution is 2.49. The van der Waals surface area contributed by atoms with Crippen LogP contribution in [0.15, 0.2) is 53.0 Å². The Balaban J connectivity index is 1.73. The van der Waals surface area contributed by atoms with Gasteiger partial charge in [-0.25, -0.2) is 0 Å². The fraction of sp³-hybridized carbons (Fsp3) is 0.263. The summed E-state index contributed by atoms with van der Waals surface area (Å²) < 4.78 is 1.01. The van der Waals surface area contributed by atoms with E-state index in [1.807, 2.05) is 48.5 Å². The van der Waals surface area contributed by atoms with Crippen LogP contribution in [0, 0.1) is 0 Å². The average Bonchev–Trinajstić information content (AvgIpc) is 3.37. The molecule has 2 aromatic rings. The number of hydrogen-bond acceptors (Lipinski definition) is 2. The molecule has 1 aliphatic carbocycles. The lowest BCUT2D eigenvalue weighted by Gasteiger charge is -2.18. The van der Waals surface area contributed by atoms with Crippen LogP contribution < -0.4 is 10.2 Å². The Labute approximate surface area is 150 Å². The summed E-state index contributed by atoms with van der Waals surface area (Å²) in [6.07, 6.45) is 1.73. The van der Waals surface area contributed by atoms with Crippen LogP contribution in [0.2, 0.25) is 0 Å². The van der Waals surface area contributed by atoms with Crippen molar-refractivity contribution in [2.24, 2.45) is 0 Å². The van der Waals surface area contributed by atoms with Crippen LogP contribution in [0.1, 0.15) is 25.3 Å². The molecule has 1 saturated carbocycles. The van der Waals surface area contributed by atoms with E-state index in [9.17, 15) is 9.59 Å². The number of anilines is 2. The lowest BCUT2D eigenvalue weighted by molar-refractivity contribution is -0.118. The van der Waals surface area contributed by atoms with Gasteiger partial charge in [-0.15, -0.1) is 0 Å². The molecule has 124 valence electrons. The minimum Gasteiger partial charge on any atom is -0.325 e. The van der Waals surface area contributed by atoms with Crippen molar-refractivity contribution in [3.63, 3.8) is 0 Å². The minimum absolute atomic E-state index is 0.0255. The standard InChI is InChI=1S/C19H19BrN2O2/c1-13(23)22(2)17-9-7-16(8-10-17)21-18(24)19(11-12-19)14-3-5-15(20)6-4-14/h3-10H,11-12H2,1-2H3,(H,21,24). The molecule has 1 aliphatic rings. The summed E-state index contributed by atoms with van der Waals surface area (Å²) in [6, 6.07) is 15.2. The summed E-state index contributed by atoms with van der Waals surface area (Å²) in [5.74, 6) is -0.00328. The number of rotatable bonds is 4. The smallest absolute Gasteiger partial charge is 0.235 e. The molecule has 0 spiro atoms. The van der Waals surface area contributed by atoms with Crippen molar-refractivity contribution in [2.45, 2.75) is 25.2 Å². The van der Waals surface area contributed by atoms with E-state index in [2.05, 4.69) is 21.2 Å². The molecule has 2 amide bonds. The number of halogens is 1. The van der Waals surface area contributed by atoms with Crippen LogP contribution >= 0.6 is 15.9 Å². The molecule has 3 rings (SSSR count). The van der Waals surface area contributed by atoms with Gasteiger partial charge in [0.15, 0.2) is 0 Å². The predicted octanol–water partition coefficient (Wildman–Crippen LogP) is 4.10. The van der Waals surface area contributed by atoms with Gasteiger partial charge < -0.3 is 10.2 Å². The van der Waals surface area contributed by atoms with Crippen LogP contribution in [0.3, 0.4) is 0 Å². The molecule has 0 heterocycles. The van der Waals surface area contributed by atoms with Crippen molar-refractivity contribution >= 4 is 39.1 Å². The second-order valence-electron chi connectivity index (χ2n) is 6.17. The minimum atomic E-state index is -0.407. The molecule has 0 aromatic heterocycles. The number of benzene rings is 2. The Hall–Kier alpha value is -2.14. The number of carbonyl (C=O) groups excluding carboxylic acids is 2. The first-order chi connectivity index (χ1) is 11.4. The Morgan fingerprint density at radius 2 is 1.62 bits per heavy atom. The largest absolute Gasteiger partial charge is 0.325 e. The maximum absolute atomic E-state index is 12.7. The Kier molecular flexibility index (Phi) is 4.45. The zero-order valence-electron chi connectivity index (χ0n) is 13.7. The molecule has 0 atom stereocenters. The average molecular weight is 387 g/mol. The predicted molar refractivity (Wildman–Crippen MR) is 99.2 cm³/mol. The van der Waals surface area contributed by atoms with Gasteiger partial charge in [-0.05, 0) is 54.8 Å². The molecule has 0 unspecified atom stereocenters. The third-order valence-corrected chi connectivity index (χ3v) is 5.09. The molecular formula is C19H19BrN2O2. The molecule has 4 nitrogen and oxygen atoms in total. The van der Waals surface area contributed by atoms with E-state index < -0.39 is 5.41 Å². The first-order valence-electron chi connectivity index (χ1n) is 7.84. The highest BCUT2D eigenvalue weighted by Gasteiger charge is 2.51. The van der Waals surface area contributed by atoms with Crippen LogP contribution in [-0.4, -0.2) is 18.9 Å². The second-order valence-corrected chi connectivity index (χ2v) is 7.08. The SMILES string of the molecule is CC(=O)N(C)c1ccc(NC(=O)C2(c3ccc(Br)cc3)CC2)cc1. The van der Waals surface area contributed by atoms with Crippen molar-refractivity contribution in [2.75, 3.05) is 17.3 Å². The van der Waals surface area contributed by atoms with Crippen LogP contribution in [0.4, 0.5) is 11.4 Å². The zero-order chi connectivity index (χ0) is 17.3. The number of nitrogens with zero attached hydrogens (tertiary/aromatic N) is 1. The van der Waals surface area contributed by atoms with Crippen molar-refractivity contribution < 1.29 is 9.59 Å². The van der Waals surface area contributed by atoms with E-state index in [4.69, 9.17) is 0 Å². The van der Waals surface area contributed by atoms with Crippen LogP contribution in [-0.2, 0) is 15.0 Å². The molecule has 0 bridgehead atoms. The lowest BCUT2D eigenvalue weighted by Crippen LogP contribution is -2.27. The number of carbonyl (C=O) groups is 2. The van der Waals surface area contributed by atoms with Gasteiger partial charge in [-0.2, -0.15) is 0 Å². The van der Waals surface area contributed by atoms with Crippen LogP contribution in [0.5, 0.6) is 0 Å². The summed E-state index contributed by atoms with van der Waals surface area (Å²) in [6.45, 7) is 1.52. The number of nitrogens with one attached hydrogen (secondary N) is 1. The maximum Gasteiger partial charge on any atom is 0.235 e. The fourth-order valence-corrected chi connectivity index (χ4v) is 3.01. The Morgan fingerprint density at radius 3 is 2.12 bits per heavy atom. The molecule has 0 radical (unpaired) electrons. The van der Waals surface area contributed by atoms with Crippen molar-refractivity contribution in [3.05, 3.63) is 58.6 Å². The van der Waals surface area contributed by atoms with Gasteiger partial charge in [-0.3, -0.25) is 9.59 Å². The van der Waals surface area contributed by atoms with Gasteiger partial charge in [-0.1, -0.05) is 28.1 Å². The van der Waals surface area contributed by atoms with E-state index in [0.717, 1.165) is 34.3 Å². The molecule has 0 saturated heterocycles. The van der Waals surface area contributed by atoms with Crippen molar-refractivity contribution in [1.29, 1.82) is 0 Å². The molecule has 1 N–H and O–H groups in total. The lowest BCUT2D eigenvalue weighted by atomic mass is 9.95. The first-order valence-corrected chi connectivity index (χ1v) is 8.63. The quantitative estimate of drug-likeness (QED) is 0.859. The molecule has 0 aliphatic heterocycles. The molecule has 2 aromatic carbocycles. The highest BCUT2D eigenvalue weighted by atomic mass is 79.9. The first kappa shape index (κ1) is 16.7. The third-order valence-electron chi connectivity index (χ3n) is 4.57. The van der Waals surface area contributed by atoms with Gasteiger partial charge in [0.25, 0.3) is 0 Å². The van der Waals surface area contributed by atoms with Crippen molar-refractivity contribution in [3.8, 4) is 0 Å². The van der Waals surface area contributed by atoms with E-state index >= 15 is 0 Å². The van der Waals surface area contributed by atoms with E-state index in [1.54, 1.807) is 11.9 Å². The molecule has 24 heavy (non-hydrogen) atoms. The number of hydrogen-bond donors (Lipinski definition) is 1. The van der Waals surface area contributed by atoms with E-state index in [0.29, 0.717) is 0 Å². The fourth-order valence-electron chi connectivity index (χ4n) is 2.74. The Bertz CT molecular complexity index is 765. The van der Waals surface area contributed by atoms with Gasteiger partial charge >= 0.3 is 0 Å². The highest BCUT2D eigenvalue weighted by molar-refractivity contribution is 9.10. The summed E-state index contributed by atoms with van der Waals surface area (Å²) in [4.78, 5) is 25.7. The second kappa shape index (κ2) is 6.40. The van der Waals surface area contributed by atoms with E-state index in [1.165, 1.54) is 6.92 Å². The van der Waals surface area contributed by atoms with E-state index in [-0.39, 0.29) is 11.8 Å². The summed E-state index contributed by atoms with van der Waals surface area (Å²) in [5.41, 5.74) is 2.19. The summed E-state index contributed by atoms with van der Waals surface area (Å²) in [7, 11) is 1.72. The van der Waals surface area contributed by atoms with Crippen LogP contribution in [0.25, 0.3) is 0 Å². The maximum atomic E-state index is 12.7. The summed E-state index contributed by atoms with van der Waals surface area (Å²) >= 11 is 3.42. The zero-order valence-corrected chi connectivity index (χ0v) is 15.3. The normalized spacial score (nSPS) is 14.8. The topological polar surface area (TPSA) is 49.4 Å². The molecule has 1 fully saturated rings. The summed E-state index contributed by atoms with van der Waals surface area (Å²) in [5, 5.41) is 3.00. The molecule has 5 heteroatoms. The monoisotopic (exact) mass is 386 g/mol.